The van der Waals surface area contributed by atoms with Gasteiger partial charge in [0.1, 0.15) is 5.82 Å². The molecule has 3 heteroatoms. The zero-order chi connectivity index (χ0) is 8.97. The predicted molar refractivity (Wildman–Crippen MR) is 44.0 cm³/mol. The first-order chi connectivity index (χ1) is 5.74. The lowest BCUT2D eigenvalue weighted by Gasteiger charge is -2.09. The van der Waals surface area contributed by atoms with Crippen molar-refractivity contribution in [3.63, 3.8) is 0 Å². The van der Waals surface area contributed by atoms with Crippen LogP contribution in [0.1, 0.15) is 18.5 Å². The Kier molecular flexibility index (Phi) is 2.80. The Labute approximate surface area is 70.4 Å². The van der Waals surface area contributed by atoms with E-state index in [9.17, 15) is 9.18 Å². The van der Waals surface area contributed by atoms with Gasteiger partial charge in [0.2, 0.25) is 6.41 Å². The topological polar surface area (TPSA) is 29.1 Å². The molecule has 0 aromatic heterocycles. The van der Waals surface area contributed by atoms with E-state index in [4.69, 9.17) is 0 Å². The molecule has 12 heavy (non-hydrogen) atoms. The van der Waals surface area contributed by atoms with Crippen LogP contribution >= 0.6 is 0 Å². The Morgan fingerprint density at radius 3 is 2.50 bits per heavy atom. The number of rotatable bonds is 3. The second kappa shape index (κ2) is 3.85. The van der Waals surface area contributed by atoms with Crippen LogP contribution < -0.4 is 5.32 Å². The van der Waals surface area contributed by atoms with Crippen LogP contribution in [0.2, 0.25) is 0 Å². The lowest BCUT2D eigenvalue weighted by Crippen LogP contribution is -2.15. The van der Waals surface area contributed by atoms with Gasteiger partial charge in [0.25, 0.3) is 0 Å². The van der Waals surface area contributed by atoms with Crippen molar-refractivity contribution < 1.29 is 9.18 Å². The maximum absolute atomic E-state index is 12.4. The number of hydrogen-bond acceptors (Lipinski definition) is 1. The monoisotopic (exact) mass is 167 g/mol. The number of carbonyl (C=O) groups excluding carboxylic acids is 1. The second-order valence-corrected chi connectivity index (χ2v) is 2.56. The molecule has 2 nitrogen and oxygen atoms in total. The van der Waals surface area contributed by atoms with Crippen molar-refractivity contribution in [1.29, 1.82) is 0 Å². The molecule has 0 fully saturated rings. The van der Waals surface area contributed by atoms with E-state index in [1.807, 2.05) is 6.92 Å². The van der Waals surface area contributed by atoms with Crippen LogP contribution in [0.25, 0.3) is 0 Å². The Morgan fingerprint density at radius 1 is 1.42 bits per heavy atom. The van der Waals surface area contributed by atoms with E-state index in [1.165, 1.54) is 12.1 Å². The summed E-state index contributed by atoms with van der Waals surface area (Å²) in [5, 5.41) is 2.58. The van der Waals surface area contributed by atoms with E-state index < -0.39 is 0 Å². The normalized spacial score (nSPS) is 12.2. The number of halogens is 1. The fraction of sp³-hybridized carbons (Fsp3) is 0.222. The largest absolute Gasteiger partial charge is 0.352 e. The summed E-state index contributed by atoms with van der Waals surface area (Å²) < 4.78 is 12.4. The first-order valence-electron chi connectivity index (χ1n) is 3.69. The van der Waals surface area contributed by atoms with Crippen LogP contribution in [0.4, 0.5) is 4.39 Å². The summed E-state index contributed by atoms with van der Waals surface area (Å²) in [6.07, 6.45) is 0.633. The van der Waals surface area contributed by atoms with Crippen LogP contribution in [0.3, 0.4) is 0 Å². The fourth-order valence-electron chi connectivity index (χ4n) is 0.950. The molecule has 0 bridgehead atoms. The first kappa shape index (κ1) is 8.71. The molecule has 0 saturated carbocycles. The van der Waals surface area contributed by atoms with E-state index >= 15 is 0 Å². The van der Waals surface area contributed by atoms with E-state index in [1.54, 1.807) is 12.1 Å². The number of amides is 1. The Bertz CT molecular complexity index is 258. The summed E-state index contributed by atoms with van der Waals surface area (Å²) in [6.45, 7) is 1.83. The van der Waals surface area contributed by atoms with Crippen molar-refractivity contribution in [3.05, 3.63) is 35.6 Å². The van der Waals surface area contributed by atoms with Gasteiger partial charge in [-0.1, -0.05) is 12.1 Å². The van der Waals surface area contributed by atoms with Gasteiger partial charge in [-0.3, -0.25) is 4.79 Å². The second-order valence-electron chi connectivity index (χ2n) is 2.56. The molecule has 64 valence electrons. The Balaban J connectivity index is 2.74. The Morgan fingerprint density at radius 2 is 2.00 bits per heavy atom. The molecule has 0 spiro atoms. The highest BCUT2D eigenvalue weighted by Gasteiger charge is 2.02. The molecule has 1 N–H and O–H groups in total. The smallest absolute Gasteiger partial charge is 0.207 e. The summed E-state index contributed by atoms with van der Waals surface area (Å²) in [5.74, 6) is -0.267. The molecular formula is C9H10FNO. The highest BCUT2D eigenvalue weighted by molar-refractivity contribution is 5.47. The van der Waals surface area contributed by atoms with Crippen LogP contribution in [0.15, 0.2) is 24.3 Å². The summed E-state index contributed by atoms with van der Waals surface area (Å²) in [6, 6.07) is 5.98. The quantitative estimate of drug-likeness (QED) is 0.681. The average molecular weight is 167 g/mol. The molecule has 0 aliphatic heterocycles. The van der Waals surface area contributed by atoms with Gasteiger partial charge in [-0.15, -0.1) is 0 Å². The number of nitrogens with one attached hydrogen (secondary N) is 1. The van der Waals surface area contributed by atoms with Crippen LogP contribution in [-0.4, -0.2) is 6.41 Å². The molecule has 1 amide bonds. The zero-order valence-electron chi connectivity index (χ0n) is 6.75. The van der Waals surface area contributed by atoms with Gasteiger partial charge in [0, 0.05) is 0 Å². The highest BCUT2D eigenvalue weighted by Crippen LogP contribution is 2.11. The van der Waals surface area contributed by atoms with Crippen molar-refractivity contribution in [2.75, 3.05) is 0 Å². The van der Waals surface area contributed by atoms with E-state index in [-0.39, 0.29) is 11.9 Å². The standard InChI is InChI=1S/C9H10FNO/c1-7(11-6-12)8-2-4-9(10)5-3-8/h2-7H,1H3,(H,11,12)/t7-/m0/s1. The summed E-state index contributed by atoms with van der Waals surface area (Å²) in [7, 11) is 0. The van der Waals surface area contributed by atoms with Crippen molar-refractivity contribution in [3.8, 4) is 0 Å². The highest BCUT2D eigenvalue weighted by atomic mass is 19.1. The average Bonchev–Trinajstić information content (AvgIpc) is 2.06. The molecular weight excluding hydrogens is 157 g/mol. The molecule has 0 radical (unpaired) electrons. The maximum Gasteiger partial charge on any atom is 0.207 e. The number of hydrogen-bond donors (Lipinski definition) is 1. The Hall–Kier alpha value is -1.38. The third-order valence-electron chi connectivity index (χ3n) is 1.69. The minimum atomic E-state index is -0.267. The molecule has 0 aliphatic carbocycles. The minimum Gasteiger partial charge on any atom is -0.352 e. The number of benzene rings is 1. The van der Waals surface area contributed by atoms with Crippen molar-refractivity contribution in [2.24, 2.45) is 0 Å². The molecule has 0 saturated heterocycles. The summed E-state index contributed by atoms with van der Waals surface area (Å²) >= 11 is 0. The summed E-state index contributed by atoms with van der Waals surface area (Å²) in [4.78, 5) is 10.1. The van der Waals surface area contributed by atoms with E-state index in [0.717, 1.165) is 5.56 Å². The van der Waals surface area contributed by atoms with Crippen molar-refractivity contribution >= 4 is 6.41 Å². The molecule has 1 aromatic rings. The van der Waals surface area contributed by atoms with Gasteiger partial charge in [-0.05, 0) is 24.6 Å². The van der Waals surface area contributed by atoms with Crippen molar-refractivity contribution in [2.45, 2.75) is 13.0 Å². The van der Waals surface area contributed by atoms with Gasteiger partial charge in [-0.25, -0.2) is 4.39 Å². The van der Waals surface area contributed by atoms with Crippen LogP contribution in [0.5, 0.6) is 0 Å². The minimum absolute atomic E-state index is 0.0666. The van der Waals surface area contributed by atoms with E-state index in [0.29, 0.717) is 6.41 Å². The third-order valence-corrected chi connectivity index (χ3v) is 1.69. The van der Waals surface area contributed by atoms with Gasteiger partial charge < -0.3 is 5.32 Å². The van der Waals surface area contributed by atoms with Crippen molar-refractivity contribution in [1.82, 2.24) is 5.32 Å². The molecule has 1 atom stereocenters. The lowest BCUT2D eigenvalue weighted by molar-refractivity contribution is -0.110. The van der Waals surface area contributed by atoms with Gasteiger partial charge in [0.15, 0.2) is 0 Å². The molecule has 0 heterocycles. The van der Waals surface area contributed by atoms with Crippen LogP contribution in [-0.2, 0) is 4.79 Å². The maximum atomic E-state index is 12.4. The van der Waals surface area contributed by atoms with Gasteiger partial charge >= 0.3 is 0 Å². The fourth-order valence-corrected chi connectivity index (χ4v) is 0.950. The van der Waals surface area contributed by atoms with E-state index in [2.05, 4.69) is 5.32 Å². The molecule has 1 rings (SSSR count). The van der Waals surface area contributed by atoms with Gasteiger partial charge in [-0.2, -0.15) is 0 Å². The summed E-state index contributed by atoms with van der Waals surface area (Å²) in [5.41, 5.74) is 0.892. The molecule has 0 aliphatic rings. The lowest BCUT2D eigenvalue weighted by atomic mass is 10.1. The zero-order valence-corrected chi connectivity index (χ0v) is 6.75. The van der Waals surface area contributed by atoms with Crippen LogP contribution in [0, 0.1) is 5.82 Å². The molecule has 1 aromatic carbocycles. The third kappa shape index (κ3) is 2.05. The SMILES string of the molecule is C[C@H](NC=O)c1ccc(F)cc1. The predicted octanol–water partition coefficient (Wildman–Crippen LogP) is 1.63. The number of carbonyl (C=O) groups is 1. The van der Waals surface area contributed by atoms with Gasteiger partial charge in [0.05, 0.1) is 6.04 Å². The first-order valence-corrected chi connectivity index (χ1v) is 3.69. The molecule has 0 unspecified atom stereocenters.